The van der Waals surface area contributed by atoms with Gasteiger partial charge in [0.2, 0.25) is 0 Å². The molecule has 0 radical (unpaired) electrons. The van der Waals surface area contributed by atoms with Gasteiger partial charge in [0.15, 0.2) is 0 Å². The lowest BCUT2D eigenvalue weighted by molar-refractivity contribution is -0.145. The van der Waals surface area contributed by atoms with E-state index in [0.29, 0.717) is 32.7 Å². The number of esters is 1. The highest BCUT2D eigenvalue weighted by molar-refractivity contribution is 5.69. The molecule has 4 nitrogen and oxygen atoms in total. The van der Waals surface area contributed by atoms with Crippen molar-refractivity contribution in [1.82, 2.24) is 0 Å². The van der Waals surface area contributed by atoms with Crippen molar-refractivity contribution < 1.29 is 14.3 Å². The second-order valence-electron chi connectivity index (χ2n) is 5.45. The minimum absolute atomic E-state index is 0.164. The van der Waals surface area contributed by atoms with Gasteiger partial charge in [0, 0.05) is 12.5 Å². The van der Waals surface area contributed by atoms with Crippen LogP contribution in [0.25, 0.3) is 0 Å². The summed E-state index contributed by atoms with van der Waals surface area (Å²) in [6, 6.07) is 19.4. The average Bonchev–Trinajstić information content (AvgIpc) is 2.60. The molecule has 0 saturated heterocycles. The Hall–Kier alpha value is -2.17. The van der Waals surface area contributed by atoms with E-state index >= 15 is 0 Å². The van der Waals surface area contributed by atoms with Crippen LogP contribution in [0.1, 0.15) is 24.0 Å². The van der Waals surface area contributed by atoms with Crippen LogP contribution in [0.3, 0.4) is 0 Å². The fourth-order valence-corrected chi connectivity index (χ4v) is 2.10. The van der Waals surface area contributed by atoms with Crippen molar-refractivity contribution in [1.29, 1.82) is 0 Å². The van der Waals surface area contributed by atoms with Crippen molar-refractivity contribution in [3.63, 3.8) is 0 Å². The normalized spacial score (nSPS) is 11.9. The lowest BCUT2D eigenvalue weighted by Crippen LogP contribution is -2.27. The largest absolute Gasteiger partial charge is 0.461 e. The number of carbonyl (C=O) groups excluding carboxylic acids is 1. The van der Waals surface area contributed by atoms with Crippen LogP contribution in [0.2, 0.25) is 0 Å². The van der Waals surface area contributed by atoms with Crippen LogP contribution in [0.4, 0.5) is 0 Å². The van der Waals surface area contributed by atoms with Crippen molar-refractivity contribution in [3.05, 3.63) is 71.8 Å². The molecule has 0 unspecified atom stereocenters. The minimum atomic E-state index is -0.229. The fourth-order valence-electron chi connectivity index (χ4n) is 2.10. The van der Waals surface area contributed by atoms with Crippen molar-refractivity contribution in [2.24, 2.45) is 5.73 Å². The molecule has 0 amide bonds. The highest BCUT2D eigenvalue weighted by Crippen LogP contribution is 2.05. The third-order valence-corrected chi connectivity index (χ3v) is 3.41. The Morgan fingerprint density at radius 2 is 1.48 bits per heavy atom. The molecule has 0 fully saturated rings. The summed E-state index contributed by atoms with van der Waals surface area (Å²) in [5.41, 5.74) is 8.06. The van der Waals surface area contributed by atoms with Crippen molar-refractivity contribution in [2.75, 3.05) is 6.61 Å². The Morgan fingerprint density at radius 1 is 0.913 bits per heavy atom. The Morgan fingerprint density at radius 3 is 2.09 bits per heavy atom. The summed E-state index contributed by atoms with van der Waals surface area (Å²) in [5.74, 6) is -0.229. The molecule has 0 aliphatic carbocycles. The van der Waals surface area contributed by atoms with Gasteiger partial charge in [-0.25, -0.2) is 0 Å². The van der Waals surface area contributed by atoms with Crippen LogP contribution < -0.4 is 5.73 Å². The Labute approximate surface area is 137 Å². The quantitative estimate of drug-likeness (QED) is 0.723. The maximum atomic E-state index is 11.7. The van der Waals surface area contributed by atoms with Gasteiger partial charge in [-0.1, -0.05) is 60.7 Å². The molecule has 2 rings (SSSR count). The van der Waals surface area contributed by atoms with Gasteiger partial charge in [0.25, 0.3) is 0 Å². The topological polar surface area (TPSA) is 61.6 Å². The lowest BCUT2D eigenvalue weighted by Gasteiger charge is -2.12. The van der Waals surface area contributed by atoms with Gasteiger partial charge in [-0.3, -0.25) is 4.79 Å². The first-order valence-corrected chi connectivity index (χ1v) is 7.81. The van der Waals surface area contributed by atoms with Crippen LogP contribution >= 0.6 is 0 Å². The molecule has 0 aliphatic heterocycles. The third-order valence-electron chi connectivity index (χ3n) is 3.41. The lowest BCUT2D eigenvalue weighted by atomic mass is 10.2. The van der Waals surface area contributed by atoms with Gasteiger partial charge in [0.1, 0.15) is 6.61 Å². The molecular formula is C19H23NO3. The SMILES string of the molecule is N[C@@H](CCC(=O)OCc1ccccc1)COCc1ccccc1. The molecular weight excluding hydrogens is 290 g/mol. The fraction of sp³-hybridized carbons (Fsp3) is 0.316. The Balaban J connectivity index is 1.56. The maximum absolute atomic E-state index is 11.7. The van der Waals surface area contributed by atoms with E-state index in [1.54, 1.807) is 0 Å². The summed E-state index contributed by atoms with van der Waals surface area (Å²) < 4.78 is 10.8. The summed E-state index contributed by atoms with van der Waals surface area (Å²) in [4.78, 5) is 11.7. The van der Waals surface area contributed by atoms with Crippen LogP contribution in [-0.2, 0) is 27.5 Å². The minimum Gasteiger partial charge on any atom is -0.461 e. The number of carbonyl (C=O) groups is 1. The number of hydrogen-bond acceptors (Lipinski definition) is 4. The molecule has 4 heteroatoms. The van der Waals surface area contributed by atoms with Gasteiger partial charge in [-0.2, -0.15) is 0 Å². The Kier molecular flexibility index (Phi) is 7.30. The van der Waals surface area contributed by atoms with E-state index in [0.717, 1.165) is 11.1 Å². The zero-order valence-corrected chi connectivity index (χ0v) is 13.2. The standard InChI is InChI=1S/C19H23NO3/c20-18(15-22-13-16-7-3-1-4-8-16)11-12-19(21)23-14-17-9-5-2-6-10-17/h1-10,18H,11-15,20H2/t18-/m0/s1. The molecule has 1 atom stereocenters. The number of hydrogen-bond donors (Lipinski definition) is 1. The maximum Gasteiger partial charge on any atom is 0.306 e. The van der Waals surface area contributed by atoms with Crippen molar-refractivity contribution >= 4 is 5.97 Å². The van der Waals surface area contributed by atoms with E-state index in [9.17, 15) is 4.79 Å². The highest BCUT2D eigenvalue weighted by Gasteiger charge is 2.09. The smallest absolute Gasteiger partial charge is 0.306 e. The number of nitrogens with two attached hydrogens (primary N) is 1. The van der Waals surface area contributed by atoms with Gasteiger partial charge >= 0.3 is 5.97 Å². The van der Waals surface area contributed by atoms with Gasteiger partial charge in [-0.05, 0) is 17.5 Å². The van der Waals surface area contributed by atoms with E-state index in [-0.39, 0.29) is 12.0 Å². The molecule has 2 N–H and O–H groups in total. The average molecular weight is 313 g/mol. The molecule has 0 spiro atoms. The van der Waals surface area contributed by atoms with Gasteiger partial charge in [-0.15, -0.1) is 0 Å². The van der Waals surface area contributed by atoms with E-state index in [2.05, 4.69) is 0 Å². The third kappa shape index (κ3) is 7.08. The van der Waals surface area contributed by atoms with Gasteiger partial charge < -0.3 is 15.2 Å². The first-order chi connectivity index (χ1) is 11.2. The second kappa shape index (κ2) is 9.77. The molecule has 0 heterocycles. The summed E-state index contributed by atoms with van der Waals surface area (Å²) >= 11 is 0. The van der Waals surface area contributed by atoms with Crippen molar-refractivity contribution in [3.8, 4) is 0 Å². The van der Waals surface area contributed by atoms with Crippen LogP contribution in [0, 0.1) is 0 Å². The predicted octanol–water partition coefficient (Wildman–Crippen LogP) is 3.05. The van der Waals surface area contributed by atoms with E-state index in [1.807, 2.05) is 60.7 Å². The summed E-state index contributed by atoms with van der Waals surface area (Å²) in [6.45, 7) is 1.27. The van der Waals surface area contributed by atoms with Crippen LogP contribution in [0.5, 0.6) is 0 Å². The summed E-state index contributed by atoms with van der Waals surface area (Å²) in [6.07, 6.45) is 0.866. The first kappa shape index (κ1) is 17.2. The van der Waals surface area contributed by atoms with Gasteiger partial charge in [0.05, 0.1) is 13.2 Å². The molecule has 23 heavy (non-hydrogen) atoms. The zero-order valence-electron chi connectivity index (χ0n) is 13.2. The van der Waals surface area contributed by atoms with Crippen LogP contribution in [-0.4, -0.2) is 18.6 Å². The monoisotopic (exact) mass is 313 g/mol. The molecule has 122 valence electrons. The first-order valence-electron chi connectivity index (χ1n) is 7.81. The molecule has 2 aromatic rings. The molecule has 0 saturated carbocycles. The highest BCUT2D eigenvalue weighted by atomic mass is 16.5. The van der Waals surface area contributed by atoms with E-state index < -0.39 is 0 Å². The molecule has 0 aliphatic rings. The zero-order chi connectivity index (χ0) is 16.3. The molecule has 2 aromatic carbocycles. The van der Waals surface area contributed by atoms with E-state index in [1.165, 1.54) is 0 Å². The predicted molar refractivity (Wildman–Crippen MR) is 89.5 cm³/mol. The number of rotatable bonds is 9. The van der Waals surface area contributed by atoms with Crippen LogP contribution in [0.15, 0.2) is 60.7 Å². The Bertz CT molecular complexity index is 572. The number of benzene rings is 2. The van der Waals surface area contributed by atoms with E-state index in [4.69, 9.17) is 15.2 Å². The summed E-state index contributed by atoms with van der Waals surface area (Å²) in [5, 5.41) is 0. The molecule has 0 aromatic heterocycles. The second-order valence-corrected chi connectivity index (χ2v) is 5.45. The molecule has 0 bridgehead atoms. The number of ether oxygens (including phenoxy) is 2. The van der Waals surface area contributed by atoms with Crippen molar-refractivity contribution in [2.45, 2.75) is 32.1 Å². The summed E-state index contributed by atoms with van der Waals surface area (Å²) in [7, 11) is 0.